The summed E-state index contributed by atoms with van der Waals surface area (Å²) in [4.78, 5) is 22.8. The van der Waals surface area contributed by atoms with E-state index in [9.17, 15) is 9.59 Å². The first-order chi connectivity index (χ1) is 10.5. The molecule has 1 heterocycles. The van der Waals surface area contributed by atoms with Crippen LogP contribution in [0.3, 0.4) is 0 Å². The second kappa shape index (κ2) is 5.76. The fourth-order valence-corrected chi connectivity index (χ4v) is 2.79. The Balaban J connectivity index is 1.64. The van der Waals surface area contributed by atoms with Gasteiger partial charge in [-0.25, -0.2) is 9.48 Å². The Morgan fingerprint density at radius 3 is 3.00 bits per heavy atom. The number of amides is 1. The number of halogens is 1. The fourth-order valence-electron chi connectivity index (χ4n) is 2.60. The Morgan fingerprint density at radius 2 is 2.27 bits per heavy atom. The quantitative estimate of drug-likeness (QED) is 0.888. The SMILES string of the molecule is O=C(Cn1cc(C(=O)O)nn1)NC1CCc2cc(Cl)ccc21. The minimum Gasteiger partial charge on any atom is -0.476 e. The van der Waals surface area contributed by atoms with Crippen LogP contribution in [0.15, 0.2) is 24.4 Å². The second-order valence-electron chi connectivity index (χ2n) is 5.11. The molecule has 2 aromatic rings. The number of aryl methyl sites for hydroxylation is 1. The van der Waals surface area contributed by atoms with Crippen LogP contribution in [0.1, 0.15) is 34.1 Å². The van der Waals surface area contributed by atoms with Gasteiger partial charge in [-0.2, -0.15) is 0 Å². The standard InChI is InChI=1S/C14H13ClN4O3/c15-9-2-3-10-8(5-9)1-4-11(10)16-13(20)7-19-6-12(14(21)22)17-18-19/h2-3,5-6,11H,1,4,7H2,(H,16,20)(H,21,22). The molecule has 2 N–H and O–H groups in total. The molecule has 8 heteroatoms. The second-order valence-corrected chi connectivity index (χ2v) is 5.54. The molecule has 1 aliphatic rings. The van der Waals surface area contributed by atoms with Crippen LogP contribution in [0.5, 0.6) is 0 Å². The molecule has 3 rings (SSSR count). The van der Waals surface area contributed by atoms with Crippen molar-refractivity contribution in [1.29, 1.82) is 0 Å². The molecular formula is C14H13ClN4O3. The highest BCUT2D eigenvalue weighted by atomic mass is 35.5. The minimum atomic E-state index is -1.17. The van der Waals surface area contributed by atoms with Gasteiger partial charge in [-0.3, -0.25) is 4.79 Å². The molecule has 1 aromatic heterocycles. The van der Waals surface area contributed by atoms with E-state index in [0.29, 0.717) is 5.02 Å². The molecule has 0 saturated carbocycles. The van der Waals surface area contributed by atoms with Crippen molar-refractivity contribution in [2.75, 3.05) is 0 Å². The van der Waals surface area contributed by atoms with E-state index in [-0.39, 0.29) is 24.2 Å². The van der Waals surface area contributed by atoms with Crippen molar-refractivity contribution in [3.05, 3.63) is 46.2 Å². The number of carbonyl (C=O) groups is 2. The highest BCUT2D eigenvalue weighted by Crippen LogP contribution is 2.32. The van der Waals surface area contributed by atoms with Crippen molar-refractivity contribution in [3.8, 4) is 0 Å². The van der Waals surface area contributed by atoms with Crippen molar-refractivity contribution in [1.82, 2.24) is 20.3 Å². The highest BCUT2D eigenvalue weighted by molar-refractivity contribution is 6.30. The number of carbonyl (C=O) groups excluding carboxylic acids is 1. The number of carboxylic acid groups (broad SMARTS) is 1. The molecule has 0 aliphatic heterocycles. The largest absolute Gasteiger partial charge is 0.476 e. The number of aromatic carboxylic acids is 1. The number of nitrogens with one attached hydrogen (secondary N) is 1. The van der Waals surface area contributed by atoms with Gasteiger partial charge in [-0.15, -0.1) is 5.10 Å². The first-order valence-electron chi connectivity index (χ1n) is 6.74. The molecular weight excluding hydrogens is 308 g/mol. The zero-order chi connectivity index (χ0) is 15.7. The molecule has 1 atom stereocenters. The van der Waals surface area contributed by atoms with Gasteiger partial charge in [0.1, 0.15) is 6.54 Å². The first kappa shape index (κ1) is 14.5. The van der Waals surface area contributed by atoms with Crippen molar-refractivity contribution in [2.24, 2.45) is 0 Å². The van der Waals surface area contributed by atoms with Crippen molar-refractivity contribution in [3.63, 3.8) is 0 Å². The van der Waals surface area contributed by atoms with Crippen LogP contribution in [0.2, 0.25) is 5.02 Å². The molecule has 1 aromatic carbocycles. The summed E-state index contributed by atoms with van der Waals surface area (Å²) in [6.07, 6.45) is 2.91. The Labute approximate surface area is 130 Å². The molecule has 7 nitrogen and oxygen atoms in total. The maximum absolute atomic E-state index is 12.1. The van der Waals surface area contributed by atoms with Gasteiger partial charge >= 0.3 is 5.97 Å². The summed E-state index contributed by atoms with van der Waals surface area (Å²) in [6, 6.07) is 5.59. The predicted molar refractivity (Wildman–Crippen MR) is 77.6 cm³/mol. The van der Waals surface area contributed by atoms with E-state index in [1.165, 1.54) is 10.9 Å². The van der Waals surface area contributed by atoms with Crippen molar-refractivity contribution < 1.29 is 14.7 Å². The molecule has 1 aliphatic carbocycles. The number of nitrogens with zero attached hydrogens (tertiary/aromatic N) is 3. The Bertz CT molecular complexity index is 743. The van der Waals surface area contributed by atoms with E-state index in [1.54, 1.807) is 6.07 Å². The third kappa shape index (κ3) is 2.94. The van der Waals surface area contributed by atoms with E-state index in [4.69, 9.17) is 16.7 Å². The molecule has 0 bridgehead atoms. The molecule has 0 spiro atoms. The van der Waals surface area contributed by atoms with Gasteiger partial charge < -0.3 is 10.4 Å². The molecule has 22 heavy (non-hydrogen) atoms. The number of hydrogen-bond donors (Lipinski definition) is 2. The summed E-state index contributed by atoms with van der Waals surface area (Å²) in [6.45, 7) is -0.0697. The smallest absolute Gasteiger partial charge is 0.358 e. The van der Waals surface area contributed by atoms with Crippen LogP contribution < -0.4 is 5.32 Å². The summed E-state index contributed by atoms with van der Waals surface area (Å²) < 4.78 is 1.20. The number of fused-ring (bicyclic) bond motifs is 1. The Hall–Kier alpha value is -2.41. The van der Waals surface area contributed by atoms with Crippen LogP contribution in [-0.4, -0.2) is 32.0 Å². The van der Waals surface area contributed by atoms with Gasteiger partial charge in [-0.05, 0) is 36.1 Å². The van der Waals surface area contributed by atoms with Gasteiger partial charge in [0.05, 0.1) is 12.2 Å². The molecule has 1 amide bonds. The third-order valence-corrected chi connectivity index (χ3v) is 3.82. The third-order valence-electron chi connectivity index (χ3n) is 3.58. The zero-order valence-electron chi connectivity index (χ0n) is 11.5. The average molecular weight is 321 g/mol. The summed E-state index contributed by atoms with van der Waals surface area (Å²) in [5.41, 5.74) is 2.03. The highest BCUT2D eigenvalue weighted by Gasteiger charge is 2.24. The summed E-state index contributed by atoms with van der Waals surface area (Å²) >= 11 is 5.96. The monoisotopic (exact) mass is 320 g/mol. The molecule has 114 valence electrons. The van der Waals surface area contributed by atoms with Gasteiger partial charge in [0.25, 0.3) is 0 Å². The molecule has 0 saturated heterocycles. The lowest BCUT2D eigenvalue weighted by molar-refractivity contribution is -0.122. The molecule has 0 radical (unpaired) electrons. The molecule has 1 unspecified atom stereocenters. The lowest BCUT2D eigenvalue weighted by Crippen LogP contribution is -2.30. The van der Waals surface area contributed by atoms with Gasteiger partial charge in [-0.1, -0.05) is 22.9 Å². The fraction of sp³-hybridized carbons (Fsp3) is 0.286. The van der Waals surface area contributed by atoms with E-state index in [1.807, 2.05) is 12.1 Å². The number of aromatic nitrogens is 3. The van der Waals surface area contributed by atoms with Crippen LogP contribution >= 0.6 is 11.6 Å². The maximum Gasteiger partial charge on any atom is 0.358 e. The lowest BCUT2D eigenvalue weighted by atomic mass is 10.1. The number of carboxylic acids is 1. The van der Waals surface area contributed by atoms with E-state index in [0.717, 1.165) is 24.0 Å². The van der Waals surface area contributed by atoms with Crippen LogP contribution in [0.4, 0.5) is 0 Å². The topological polar surface area (TPSA) is 97.1 Å². The van der Waals surface area contributed by atoms with E-state index >= 15 is 0 Å². The number of hydrogen-bond acceptors (Lipinski definition) is 4. The number of rotatable bonds is 4. The van der Waals surface area contributed by atoms with Crippen molar-refractivity contribution in [2.45, 2.75) is 25.4 Å². The summed E-state index contributed by atoms with van der Waals surface area (Å²) in [7, 11) is 0. The van der Waals surface area contributed by atoms with E-state index < -0.39 is 5.97 Å². The molecule has 0 fully saturated rings. The Kier molecular flexibility index (Phi) is 3.81. The normalized spacial score (nSPS) is 16.3. The minimum absolute atomic E-state index is 0.0535. The average Bonchev–Trinajstić information content (AvgIpc) is 3.06. The number of benzene rings is 1. The van der Waals surface area contributed by atoms with Crippen LogP contribution in [-0.2, 0) is 17.8 Å². The first-order valence-corrected chi connectivity index (χ1v) is 7.12. The predicted octanol–water partition coefficient (Wildman–Crippen LogP) is 1.43. The van der Waals surface area contributed by atoms with E-state index in [2.05, 4.69) is 15.6 Å². The maximum atomic E-state index is 12.1. The lowest BCUT2D eigenvalue weighted by Gasteiger charge is -2.14. The summed E-state index contributed by atoms with van der Waals surface area (Å²) in [5.74, 6) is -1.41. The van der Waals surface area contributed by atoms with Crippen LogP contribution in [0.25, 0.3) is 0 Å². The van der Waals surface area contributed by atoms with Gasteiger partial charge in [0.2, 0.25) is 5.91 Å². The van der Waals surface area contributed by atoms with Gasteiger partial charge in [0.15, 0.2) is 5.69 Å². The zero-order valence-corrected chi connectivity index (χ0v) is 12.2. The van der Waals surface area contributed by atoms with Crippen molar-refractivity contribution >= 4 is 23.5 Å². The van der Waals surface area contributed by atoms with Gasteiger partial charge in [0, 0.05) is 5.02 Å². The van der Waals surface area contributed by atoms with Crippen LogP contribution in [0, 0.1) is 0 Å². The summed E-state index contributed by atoms with van der Waals surface area (Å²) in [5, 5.41) is 19.5. The Morgan fingerprint density at radius 1 is 1.45 bits per heavy atom.